The van der Waals surface area contributed by atoms with E-state index in [0.717, 1.165) is 25.1 Å². The summed E-state index contributed by atoms with van der Waals surface area (Å²) >= 11 is 0. The number of hydrogen-bond donors (Lipinski definition) is 0. The van der Waals surface area contributed by atoms with E-state index in [0.29, 0.717) is 5.92 Å². The van der Waals surface area contributed by atoms with Gasteiger partial charge in [0.1, 0.15) is 17.0 Å². The third kappa shape index (κ3) is 3.50. The van der Waals surface area contributed by atoms with Crippen molar-refractivity contribution in [1.82, 2.24) is 4.90 Å². The number of hydrogen-bond acceptors (Lipinski definition) is 3. The maximum Gasteiger partial charge on any atom is 0.126 e. The molecule has 2 fully saturated rings. The summed E-state index contributed by atoms with van der Waals surface area (Å²) in [4.78, 5) is 2.47. The molecular weight excluding hydrogens is 322 g/mol. The standard InChI is InChI=1S/C23H31NO2/c1-22(2)19-12-14-23(3,13-9-17-24-15-7-4-8-16-24)26-21(19)18-10-5-6-11-20(18)25-22/h5-6,10-11,19,21H,4,7-8,12,14-17H2,1-3H3. The summed E-state index contributed by atoms with van der Waals surface area (Å²) in [7, 11) is 0. The Bertz CT molecular complexity index is 710. The lowest BCUT2D eigenvalue weighted by Gasteiger charge is -2.50. The molecule has 0 spiro atoms. The van der Waals surface area contributed by atoms with E-state index in [9.17, 15) is 0 Å². The fourth-order valence-electron chi connectivity index (χ4n) is 4.71. The summed E-state index contributed by atoms with van der Waals surface area (Å²) < 4.78 is 13.0. The van der Waals surface area contributed by atoms with Gasteiger partial charge in [0.25, 0.3) is 0 Å². The number of likely N-dealkylation sites (tertiary alicyclic amines) is 1. The molecule has 1 aromatic carbocycles. The van der Waals surface area contributed by atoms with Crippen molar-refractivity contribution in [3.05, 3.63) is 29.8 Å². The molecule has 4 rings (SSSR count). The van der Waals surface area contributed by atoms with Crippen LogP contribution in [0.3, 0.4) is 0 Å². The van der Waals surface area contributed by atoms with Crippen molar-refractivity contribution < 1.29 is 9.47 Å². The van der Waals surface area contributed by atoms with Gasteiger partial charge in [-0.15, -0.1) is 0 Å². The van der Waals surface area contributed by atoms with Crippen LogP contribution in [0.2, 0.25) is 0 Å². The molecule has 2 saturated heterocycles. The minimum Gasteiger partial charge on any atom is -0.487 e. The van der Waals surface area contributed by atoms with Crippen molar-refractivity contribution in [3.8, 4) is 17.6 Å². The van der Waals surface area contributed by atoms with E-state index < -0.39 is 0 Å². The number of fused-ring (bicyclic) bond motifs is 3. The van der Waals surface area contributed by atoms with Gasteiger partial charge in [-0.25, -0.2) is 0 Å². The number of para-hydroxylation sites is 1. The highest BCUT2D eigenvalue weighted by molar-refractivity contribution is 5.39. The average molecular weight is 354 g/mol. The summed E-state index contributed by atoms with van der Waals surface area (Å²) in [5, 5.41) is 0. The van der Waals surface area contributed by atoms with Crippen LogP contribution in [0, 0.1) is 17.8 Å². The molecule has 0 radical (unpaired) electrons. The first-order valence-electron chi connectivity index (χ1n) is 10.2. The molecule has 3 nitrogen and oxygen atoms in total. The molecular formula is C23H31NO2. The van der Waals surface area contributed by atoms with Crippen LogP contribution in [0.5, 0.6) is 5.75 Å². The summed E-state index contributed by atoms with van der Waals surface area (Å²) in [5.41, 5.74) is 0.611. The molecule has 1 aromatic rings. The fraction of sp³-hybridized carbons (Fsp3) is 0.652. The summed E-state index contributed by atoms with van der Waals surface area (Å²) in [6.07, 6.45) is 6.11. The first-order chi connectivity index (χ1) is 12.5. The first-order valence-corrected chi connectivity index (χ1v) is 10.2. The molecule has 3 heteroatoms. The molecule has 0 N–H and O–H groups in total. The molecule has 0 aliphatic carbocycles. The zero-order valence-electron chi connectivity index (χ0n) is 16.4. The number of benzene rings is 1. The Morgan fingerprint density at radius 1 is 1.12 bits per heavy atom. The van der Waals surface area contributed by atoms with E-state index in [-0.39, 0.29) is 17.3 Å². The Hall–Kier alpha value is -1.50. The number of piperidine rings is 1. The summed E-state index contributed by atoms with van der Waals surface area (Å²) in [6, 6.07) is 8.32. The van der Waals surface area contributed by atoms with Crippen molar-refractivity contribution in [3.63, 3.8) is 0 Å². The van der Waals surface area contributed by atoms with Crippen LogP contribution >= 0.6 is 0 Å². The lowest BCUT2D eigenvalue weighted by molar-refractivity contribution is -0.169. The largest absolute Gasteiger partial charge is 0.487 e. The molecule has 26 heavy (non-hydrogen) atoms. The molecule has 0 amide bonds. The predicted molar refractivity (Wildman–Crippen MR) is 104 cm³/mol. The first kappa shape index (κ1) is 17.9. The van der Waals surface area contributed by atoms with Gasteiger partial charge in [0.05, 0.1) is 12.6 Å². The van der Waals surface area contributed by atoms with Gasteiger partial charge in [-0.3, -0.25) is 4.90 Å². The van der Waals surface area contributed by atoms with Gasteiger partial charge in [-0.05, 0) is 65.6 Å². The molecule has 0 bridgehead atoms. The topological polar surface area (TPSA) is 21.7 Å². The summed E-state index contributed by atoms with van der Waals surface area (Å²) in [5.74, 6) is 8.24. The van der Waals surface area contributed by atoms with Crippen molar-refractivity contribution in [2.24, 2.45) is 5.92 Å². The predicted octanol–water partition coefficient (Wildman–Crippen LogP) is 4.57. The van der Waals surface area contributed by atoms with Crippen molar-refractivity contribution in [2.75, 3.05) is 19.6 Å². The summed E-state index contributed by atoms with van der Waals surface area (Å²) in [6.45, 7) is 9.80. The van der Waals surface area contributed by atoms with Crippen molar-refractivity contribution in [1.29, 1.82) is 0 Å². The maximum atomic E-state index is 6.66. The number of rotatable bonds is 1. The van der Waals surface area contributed by atoms with Crippen LogP contribution in [0.4, 0.5) is 0 Å². The molecule has 3 unspecified atom stereocenters. The Labute approximate surface area is 158 Å². The molecule has 140 valence electrons. The molecule has 0 saturated carbocycles. The van der Waals surface area contributed by atoms with Crippen LogP contribution in [0.25, 0.3) is 0 Å². The fourth-order valence-corrected chi connectivity index (χ4v) is 4.71. The highest BCUT2D eigenvalue weighted by Crippen LogP contribution is 2.52. The molecule has 3 heterocycles. The van der Waals surface area contributed by atoms with E-state index in [4.69, 9.17) is 9.47 Å². The van der Waals surface area contributed by atoms with Gasteiger partial charge in [0.2, 0.25) is 0 Å². The molecule has 0 aromatic heterocycles. The van der Waals surface area contributed by atoms with Crippen LogP contribution in [-0.4, -0.2) is 35.7 Å². The van der Waals surface area contributed by atoms with Crippen LogP contribution in [-0.2, 0) is 4.74 Å². The zero-order chi connectivity index (χ0) is 18.2. The van der Waals surface area contributed by atoms with Crippen LogP contribution in [0.1, 0.15) is 64.5 Å². The smallest absolute Gasteiger partial charge is 0.126 e. The van der Waals surface area contributed by atoms with Gasteiger partial charge in [0, 0.05) is 11.5 Å². The lowest BCUT2D eigenvalue weighted by Crippen LogP contribution is -2.50. The Balaban J connectivity index is 1.52. The van der Waals surface area contributed by atoms with Gasteiger partial charge >= 0.3 is 0 Å². The zero-order valence-corrected chi connectivity index (χ0v) is 16.4. The van der Waals surface area contributed by atoms with E-state index in [1.807, 2.05) is 6.07 Å². The van der Waals surface area contributed by atoms with Gasteiger partial charge in [-0.1, -0.05) is 36.5 Å². The average Bonchev–Trinajstić information content (AvgIpc) is 2.62. The lowest BCUT2D eigenvalue weighted by atomic mass is 9.73. The minimum atomic E-state index is -0.364. The third-order valence-corrected chi connectivity index (χ3v) is 6.28. The molecule has 3 aliphatic rings. The minimum absolute atomic E-state index is 0.0676. The second-order valence-electron chi connectivity index (χ2n) is 8.80. The van der Waals surface area contributed by atoms with E-state index in [1.54, 1.807) is 0 Å². The van der Waals surface area contributed by atoms with Gasteiger partial charge in [0.15, 0.2) is 0 Å². The van der Waals surface area contributed by atoms with Crippen LogP contribution in [0.15, 0.2) is 24.3 Å². The van der Waals surface area contributed by atoms with E-state index >= 15 is 0 Å². The van der Waals surface area contributed by atoms with Crippen molar-refractivity contribution in [2.45, 2.75) is 70.2 Å². The Morgan fingerprint density at radius 3 is 2.69 bits per heavy atom. The van der Waals surface area contributed by atoms with Gasteiger partial charge in [-0.2, -0.15) is 0 Å². The number of nitrogens with zero attached hydrogens (tertiary/aromatic N) is 1. The SMILES string of the molecule is CC1(C#CCN2CCCCC2)CCC2C(O1)c1ccccc1OC2(C)C. The highest BCUT2D eigenvalue weighted by atomic mass is 16.5. The van der Waals surface area contributed by atoms with Gasteiger partial charge < -0.3 is 9.47 Å². The van der Waals surface area contributed by atoms with E-state index in [1.165, 1.54) is 37.9 Å². The highest BCUT2D eigenvalue weighted by Gasteiger charge is 2.49. The Morgan fingerprint density at radius 2 is 1.88 bits per heavy atom. The molecule has 3 aliphatic heterocycles. The monoisotopic (exact) mass is 353 g/mol. The van der Waals surface area contributed by atoms with Crippen LogP contribution < -0.4 is 4.74 Å². The Kier molecular flexibility index (Phi) is 4.75. The second kappa shape index (κ2) is 6.91. The van der Waals surface area contributed by atoms with Crippen molar-refractivity contribution >= 4 is 0 Å². The molecule has 3 atom stereocenters. The maximum absolute atomic E-state index is 6.66. The third-order valence-electron chi connectivity index (χ3n) is 6.28. The quantitative estimate of drug-likeness (QED) is 0.690. The normalized spacial score (nSPS) is 33.2. The second-order valence-corrected chi connectivity index (χ2v) is 8.80. The number of ether oxygens (including phenoxy) is 2. The van der Waals surface area contributed by atoms with E-state index in [2.05, 4.69) is 55.7 Å².